The number of hydrogen-bond acceptors (Lipinski definition) is 4. The highest BCUT2D eigenvalue weighted by atomic mass is 16.2. The standard InChI is InChI=1S/C19H30N4O3/c1-5-13(4)23-18(25)15-8-6-7-14(9-15)10-21-16(24)11-22-19(26)17(20)12(2)3/h6-9,12-13,17H,5,10-11,20H2,1-4H3,(H,21,24)(H,22,26)(H,23,25)/t13?,17-/m0/s1. The predicted molar refractivity (Wildman–Crippen MR) is 101 cm³/mol. The van der Waals surface area contributed by atoms with Gasteiger partial charge in [-0.15, -0.1) is 0 Å². The molecule has 1 aromatic carbocycles. The molecule has 0 aliphatic heterocycles. The third-order valence-electron chi connectivity index (χ3n) is 4.11. The lowest BCUT2D eigenvalue weighted by Crippen LogP contribution is -2.47. The van der Waals surface area contributed by atoms with Crippen molar-refractivity contribution >= 4 is 17.7 Å². The van der Waals surface area contributed by atoms with Crippen LogP contribution in [-0.2, 0) is 16.1 Å². The van der Waals surface area contributed by atoms with Crippen LogP contribution in [0.3, 0.4) is 0 Å². The Labute approximate surface area is 155 Å². The van der Waals surface area contributed by atoms with Gasteiger partial charge in [0.05, 0.1) is 12.6 Å². The molecule has 0 spiro atoms. The SMILES string of the molecule is CCC(C)NC(=O)c1cccc(CNC(=O)CNC(=O)[C@@H](N)C(C)C)c1. The molecule has 7 heteroatoms. The number of nitrogens with two attached hydrogens (primary N) is 1. The van der Waals surface area contributed by atoms with Crippen molar-refractivity contribution in [2.24, 2.45) is 11.7 Å². The third kappa shape index (κ3) is 7.23. The van der Waals surface area contributed by atoms with E-state index in [1.54, 1.807) is 18.2 Å². The molecular weight excluding hydrogens is 332 g/mol. The predicted octanol–water partition coefficient (Wildman–Crippen LogP) is 0.931. The number of hydrogen-bond donors (Lipinski definition) is 4. The molecule has 7 nitrogen and oxygen atoms in total. The van der Waals surface area contributed by atoms with Gasteiger partial charge in [-0.1, -0.05) is 32.9 Å². The van der Waals surface area contributed by atoms with Gasteiger partial charge in [-0.25, -0.2) is 0 Å². The quantitative estimate of drug-likeness (QED) is 0.523. The summed E-state index contributed by atoms with van der Waals surface area (Å²) in [5.74, 6) is -0.799. The van der Waals surface area contributed by atoms with Gasteiger partial charge in [-0.3, -0.25) is 14.4 Å². The maximum absolute atomic E-state index is 12.1. The highest BCUT2D eigenvalue weighted by Crippen LogP contribution is 2.06. The summed E-state index contributed by atoms with van der Waals surface area (Å²) in [5, 5.41) is 8.14. The zero-order valence-electron chi connectivity index (χ0n) is 16.0. The molecule has 26 heavy (non-hydrogen) atoms. The number of amides is 3. The average Bonchev–Trinajstić information content (AvgIpc) is 2.63. The molecule has 0 aliphatic carbocycles. The van der Waals surface area contributed by atoms with Gasteiger partial charge in [0.1, 0.15) is 0 Å². The van der Waals surface area contributed by atoms with E-state index in [-0.39, 0.29) is 42.8 Å². The topological polar surface area (TPSA) is 113 Å². The molecule has 2 atom stereocenters. The first kappa shape index (κ1) is 21.6. The van der Waals surface area contributed by atoms with Gasteiger partial charge in [0.15, 0.2) is 0 Å². The van der Waals surface area contributed by atoms with Crippen LogP contribution >= 0.6 is 0 Å². The first-order valence-electron chi connectivity index (χ1n) is 8.94. The van der Waals surface area contributed by atoms with Crippen LogP contribution in [0.2, 0.25) is 0 Å². The maximum atomic E-state index is 12.1. The molecule has 0 fully saturated rings. The Morgan fingerprint density at radius 3 is 2.42 bits per heavy atom. The zero-order chi connectivity index (χ0) is 19.7. The second kappa shape index (κ2) is 10.6. The number of carbonyl (C=O) groups is 3. The summed E-state index contributed by atoms with van der Waals surface area (Å²) >= 11 is 0. The van der Waals surface area contributed by atoms with Crippen molar-refractivity contribution in [1.82, 2.24) is 16.0 Å². The van der Waals surface area contributed by atoms with Crippen molar-refractivity contribution in [1.29, 1.82) is 0 Å². The molecule has 0 bridgehead atoms. The molecule has 0 saturated heterocycles. The minimum atomic E-state index is -0.636. The minimum absolute atomic E-state index is 0.00220. The maximum Gasteiger partial charge on any atom is 0.251 e. The van der Waals surface area contributed by atoms with Crippen LogP contribution < -0.4 is 21.7 Å². The molecule has 1 aromatic rings. The Hall–Kier alpha value is -2.41. The second-order valence-electron chi connectivity index (χ2n) is 6.75. The first-order valence-corrected chi connectivity index (χ1v) is 8.94. The van der Waals surface area contributed by atoms with Crippen LogP contribution in [0.15, 0.2) is 24.3 Å². The van der Waals surface area contributed by atoms with E-state index in [1.807, 2.05) is 33.8 Å². The fourth-order valence-corrected chi connectivity index (χ4v) is 2.08. The summed E-state index contributed by atoms with van der Waals surface area (Å²) in [7, 11) is 0. The summed E-state index contributed by atoms with van der Waals surface area (Å²) in [5.41, 5.74) is 7.07. The van der Waals surface area contributed by atoms with Gasteiger partial charge in [-0.05, 0) is 37.0 Å². The minimum Gasteiger partial charge on any atom is -0.350 e. The van der Waals surface area contributed by atoms with Crippen LogP contribution in [0.5, 0.6) is 0 Å². The molecule has 0 saturated carbocycles. The lowest BCUT2D eigenvalue weighted by molar-refractivity contribution is -0.127. The fourth-order valence-electron chi connectivity index (χ4n) is 2.08. The number of carbonyl (C=O) groups excluding carboxylic acids is 3. The molecule has 1 unspecified atom stereocenters. The van der Waals surface area contributed by atoms with Gasteiger partial charge in [0.25, 0.3) is 5.91 Å². The molecule has 5 N–H and O–H groups in total. The van der Waals surface area contributed by atoms with Crippen molar-refractivity contribution < 1.29 is 14.4 Å². The normalized spacial score (nSPS) is 13.0. The van der Waals surface area contributed by atoms with E-state index in [0.29, 0.717) is 5.56 Å². The summed E-state index contributed by atoms with van der Waals surface area (Å²) in [6.07, 6.45) is 0.855. The molecule has 0 radical (unpaired) electrons. The summed E-state index contributed by atoms with van der Waals surface area (Å²) < 4.78 is 0. The average molecular weight is 362 g/mol. The van der Waals surface area contributed by atoms with E-state index < -0.39 is 6.04 Å². The van der Waals surface area contributed by atoms with Gasteiger partial charge in [-0.2, -0.15) is 0 Å². The highest BCUT2D eigenvalue weighted by Gasteiger charge is 2.17. The lowest BCUT2D eigenvalue weighted by atomic mass is 10.1. The van der Waals surface area contributed by atoms with Crippen LogP contribution in [0.1, 0.15) is 50.0 Å². The Morgan fingerprint density at radius 2 is 1.81 bits per heavy atom. The largest absolute Gasteiger partial charge is 0.350 e. The first-order chi connectivity index (χ1) is 12.2. The van der Waals surface area contributed by atoms with E-state index in [9.17, 15) is 14.4 Å². The van der Waals surface area contributed by atoms with E-state index in [2.05, 4.69) is 16.0 Å². The fraction of sp³-hybridized carbons (Fsp3) is 0.526. The molecule has 1 rings (SSSR count). The number of nitrogens with one attached hydrogen (secondary N) is 3. The van der Waals surface area contributed by atoms with Crippen LogP contribution in [0.4, 0.5) is 0 Å². The molecule has 3 amide bonds. The highest BCUT2D eigenvalue weighted by molar-refractivity contribution is 5.94. The van der Waals surface area contributed by atoms with E-state index in [0.717, 1.165) is 12.0 Å². The summed E-state index contributed by atoms with van der Waals surface area (Å²) in [6.45, 7) is 7.78. The number of rotatable bonds is 9. The lowest BCUT2D eigenvalue weighted by Gasteiger charge is -2.15. The summed E-state index contributed by atoms with van der Waals surface area (Å²) in [4.78, 5) is 35.7. The Morgan fingerprint density at radius 1 is 1.12 bits per heavy atom. The molecule has 0 heterocycles. The van der Waals surface area contributed by atoms with Crippen LogP contribution in [-0.4, -0.2) is 36.3 Å². The number of benzene rings is 1. The third-order valence-corrected chi connectivity index (χ3v) is 4.11. The Kier molecular flexibility index (Phi) is 8.78. The van der Waals surface area contributed by atoms with Crippen molar-refractivity contribution in [3.05, 3.63) is 35.4 Å². The summed E-state index contributed by atoms with van der Waals surface area (Å²) in [6, 6.07) is 6.54. The van der Waals surface area contributed by atoms with Crippen molar-refractivity contribution in [2.45, 2.75) is 52.7 Å². The second-order valence-corrected chi connectivity index (χ2v) is 6.75. The van der Waals surface area contributed by atoms with Crippen molar-refractivity contribution in [3.63, 3.8) is 0 Å². The van der Waals surface area contributed by atoms with E-state index in [1.165, 1.54) is 0 Å². The zero-order valence-corrected chi connectivity index (χ0v) is 16.0. The van der Waals surface area contributed by atoms with Crippen LogP contribution in [0, 0.1) is 5.92 Å². The van der Waals surface area contributed by atoms with E-state index in [4.69, 9.17) is 5.73 Å². The monoisotopic (exact) mass is 362 g/mol. The van der Waals surface area contributed by atoms with Gasteiger partial charge < -0.3 is 21.7 Å². The molecule has 144 valence electrons. The Bertz CT molecular complexity index is 631. The van der Waals surface area contributed by atoms with Crippen LogP contribution in [0.25, 0.3) is 0 Å². The molecule has 0 aromatic heterocycles. The smallest absolute Gasteiger partial charge is 0.251 e. The van der Waals surface area contributed by atoms with Gasteiger partial charge in [0, 0.05) is 18.2 Å². The molecule has 0 aliphatic rings. The van der Waals surface area contributed by atoms with Gasteiger partial charge in [0.2, 0.25) is 11.8 Å². The van der Waals surface area contributed by atoms with Gasteiger partial charge >= 0.3 is 0 Å². The van der Waals surface area contributed by atoms with Crippen molar-refractivity contribution in [3.8, 4) is 0 Å². The molecular formula is C19H30N4O3. The van der Waals surface area contributed by atoms with E-state index >= 15 is 0 Å². The van der Waals surface area contributed by atoms with Crippen molar-refractivity contribution in [2.75, 3.05) is 6.54 Å². The Balaban J connectivity index is 2.50.